The van der Waals surface area contributed by atoms with E-state index in [2.05, 4.69) is 41.5 Å². The standard InChI is InChI=1S/C15H23N3O/c1-3-18(4-2)14-7-5-13(6-8-14)17-15(19)12-9-10-16-11-12/h5-8,12,16H,3-4,9-11H2,1-2H3,(H,17,19). The Morgan fingerprint density at radius 1 is 1.32 bits per heavy atom. The number of hydrogen-bond donors (Lipinski definition) is 2. The summed E-state index contributed by atoms with van der Waals surface area (Å²) in [4.78, 5) is 14.3. The van der Waals surface area contributed by atoms with Gasteiger partial charge in [-0.25, -0.2) is 0 Å². The molecule has 0 aromatic heterocycles. The molecule has 0 bridgehead atoms. The number of benzene rings is 1. The van der Waals surface area contributed by atoms with Gasteiger partial charge in [0.15, 0.2) is 0 Å². The fraction of sp³-hybridized carbons (Fsp3) is 0.533. The number of anilines is 2. The Morgan fingerprint density at radius 3 is 2.53 bits per heavy atom. The lowest BCUT2D eigenvalue weighted by Crippen LogP contribution is -2.25. The summed E-state index contributed by atoms with van der Waals surface area (Å²) in [6, 6.07) is 8.09. The zero-order valence-corrected chi connectivity index (χ0v) is 11.8. The van der Waals surface area contributed by atoms with Gasteiger partial charge in [0.1, 0.15) is 0 Å². The molecule has 1 unspecified atom stereocenters. The largest absolute Gasteiger partial charge is 0.372 e. The number of amides is 1. The Hall–Kier alpha value is -1.55. The molecule has 1 saturated heterocycles. The summed E-state index contributed by atoms with van der Waals surface area (Å²) in [7, 11) is 0. The van der Waals surface area contributed by atoms with E-state index in [1.807, 2.05) is 12.1 Å². The van der Waals surface area contributed by atoms with Crippen molar-refractivity contribution >= 4 is 17.3 Å². The van der Waals surface area contributed by atoms with Crippen molar-refractivity contribution in [2.24, 2.45) is 5.92 Å². The van der Waals surface area contributed by atoms with E-state index in [1.54, 1.807) is 0 Å². The van der Waals surface area contributed by atoms with Crippen molar-refractivity contribution in [3.05, 3.63) is 24.3 Å². The molecule has 0 saturated carbocycles. The molecule has 1 aromatic rings. The number of nitrogens with one attached hydrogen (secondary N) is 2. The van der Waals surface area contributed by atoms with E-state index in [4.69, 9.17) is 0 Å². The van der Waals surface area contributed by atoms with Gasteiger partial charge in [0.05, 0.1) is 5.92 Å². The van der Waals surface area contributed by atoms with Gasteiger partial charge in [-0.3, -0.25) is 4.79 Å². The van der Waals surface area contributed by atoms with Crippen LogP contribution in [0, 0.1) is 5.92 Å². The van der Waals surface area contributed by atoms with Gasteiger partial charge in [-0.1, -0.05) is 0 Å². The van der Waals surface area contributed by atoms with E-state index >= 15 is 0 Å². The van der Waals surface area contributed by atoms with Gasteiger partial charge in [-0.2, -0.15) is 0 Å². The first kappa shape index (κ1) is 13.9. The normalized spacial score (nSPS) is 18.3. The molecule has 2 rings (SSSR count). The third-order valence-electron chi connectivity index (χ3n) is 3.69. The highest BCUT2D eigenvalue weighted by Crippen LogP contribution is 2.19. The minimum atomic E-state index is 0.113. The molecule has 0 spiro atoms. The van der Waals surface area contributed by atoms with Crippen molar-refractivity contribution in [2.45, 2.75) is 20.3 Å². The van der Waals surface area contributed by atoms with Gasteiger partial charge in [0.25, 0.3) is 0 Å². The van der Waals surface area contributed by atoms with Gasteiger partial charge in [0.2, 0.25) is 5.91 Å². The van der Waals surface area contributed by atoms with E-state index in [-0.39, 0.29) is 11.8 Å². The van der Waals surface area contributed by atoms with Crippen LogP contribution in [-0.4, -0.2) is 32.1 Å². The molecule has 1 aliphatic heterocycles. The zero-order valence-electron chi connectivity index (χ0n) is 11.8. The van der Waals surface area contributed by atoms with Gasteiger partial charge < -0.3 is 15.5 Å². The zero-order chi connectivity index (χ0) is 13.7. The molecule has 4 nitrogen and oxygen atoms in total. The molecular formula is C15H23N3O. The smallest absolute Gasteiger partial charge is 0.228 e. The van der Waals surface area contributed by atoms with E-state index in [0.717, 1.165) is 38.3 Å². The molecule has 0 aliphatic carbocycles. The van der Waals surface area contributed by atoms with Crippen molar-refractivity contribution < 1.29 is 4.79 Å². The molecule has 104 valence electrons. The van der Waals surface area contributed by atoms with Gasteiger partial charge in [0, 0.05) is 31.0 Å². The number of hydrogen-bond acceptors (Lipinski definition) is 3. The van der Waals surface area contributed by atoms with E-state index in [1.165, 1.54) is 5.69 Å². The number of nitrogens with zero attached hydrogens (tertiary/aromatic N) is 1. The summed E-state index contributed by atoms with van der Waals surface area (Å²) < 4.78 is 0. The summed E-state index contributed by atoms with van der Waals surface area (Å²) in [5, 5.41) is 6.20. The predicted octanol–water partition coefficient (Wildman–Crippen LogP) is 2.08. The Morgan fingerprint density at radius 2 is 2.00 bits per heavy atom. The van der Waals surface area contributed by atoms with Crippen LogP contribution in [0.25, 0.3) is 0 Å². The first-order chi connectivity index (χ1) is 9.24. The SMILES string of the molecule is CCN(CC)c1ccc(NC(=O)C2CCNC2)cc1. The molecule has 19 heavy (non-hydrogen) atoms. The maximum Gasteiger partial charge on any atom is 0.228 e. The van der Waals surface area contributed by atoms with Crippen LogP contribution in [0.3, 0.4) is 0 Å². The molecule has 4 heteroatoms. The molecule has 2 N–H and O–H groups in total. The molecule has 1 aromatic carbocycles. The van der Waals surface area contributed by atoms with E-state index < -0.39 is 0 Å². The second-order valence-electron chi connectivity index (χ2n) is 4.90. The maximum absolute atomic E-state index is 12.0. The van der Waals surface area contributed by atoms with Crippen molar-refractivity contribution in [1.29, 1.82) is 0 Å². The fourth-order valence-corrected chi connectivity index (χ4v) is 2.47. The molecule has 1 amide bonds. The lowest BCUT2D eigenvalue weighted by Gasteiger charge is -2.21. The minimum absolute atomic E-state index is 0.113. The lowest BCUT2D eigenvalue weighted by atomic mass is 10.1. The first-order valence-corrected chi connectivity index (χ1v) is 7.11. The third kappa shape index (κ3) is 3.47. The van der Waals surface area contributed by atoms with Crippen molar-refractivity contribution in [1.82, 2.24) is 5.32 Å². The summed E-state index contributed by atoms with van der Waals surface area (Å²) >= 11 is 0. The molecule has 1 fully saturated rings. The van der Waals surface area contributed by atoms with Crippen molar-refractivity contribution in [3.8, 4) is 0 Å². The van der Waals surface area contributed by atoms with Gasteiger partial charge in [-0.15, -0.1) is 0 Å². The summed E-state index contributed by atoms with van der Waals surface area (Å²) in [6.45, 7) is 8.02. The highest BCUT2D eigenvalue weighted by atomic mass is 16.1. The average Bonchev–Trinajstić information content (AvgIpc) is 2.96. The monoisotopic (exact) mass is 261 g/mol. The van der Waals surface area contributed by atoms with Crippen LogP contribution in [0.4, 0.5) is 11.4 Å². The maximum atomic E-state index is 12.0. The average molecular weight is 261 g/mol. The van der Waals surface area contributed by atoms with Crippen LogP contribution in [-0.2, 0) is 4.79 Å². The number of carbonyl (C=O) groups excluding carboxylic acids is 1. The topological polar surface area (TPSA) is 44.4 Å². The Kier molecular flexibility index (Phi) is 4.80. The number of carbonyl (C=O) groups is 1. The van der Waals surface area contributed by atoms with Crippen LogP contribution >= 0.6 is 0 Å². The molecule has 0 radical (unpaired) electrons. The fourth-order valence-electron chi connectivity index (χ4n) is 2.47. The van der Waals surface area contributed by atoms with E-state index in [9.17, 15) is 4.79 Å². The minimum Gasteiger partial charge on any atom is -0.372 e. The number of rotatable bonds is 5. The van der Waals surface area contributed by atoms with Crippen molar-refractivity contribution in [2.75, 3.05) is 36.4 Å². The Labute approximate surface area is 115 Å². The Balaban J connectivity index is 1.96. The van der Waals surface area contributed by atoms with Crippen LogP contribution in [0.2, 0.25) is 0 Å². The van der Waals surface area contributed by atoms with Crippen LogP contribution in [0.1, 0.15) is 20.3 Å². The Bertz CT molecular complexity index is 406. The van der Waals surface area contributed by atoms with Crippen LogP contribution < -0.4 is 15.5 Å². The van der Waals surface area contributed by atoms with Crippen LogP contribution in [0.15, 0.2) is 24.3 Å². The molecule has 1 atom stereocenters. The van der Waals surface area contributed by atoms with Crippen molar-refractivity contribution in [3.63, 3.8) is 0 Å². The third-order valence-corrected chi connectivity index (χ3v) is 3.69. The first-order valence-electron chi connectivity index (χ1n) is 7.11. The predicted molar refractivity (Wildman–Crippen MR) is 79.6 cm³/mol. The second-order valence-corrected chi connectivity index (χ2v) is 4.90. The molecular weight excluding hydrogens is 238 g/mol. The van der Waals surface area contributed by atoms with Gasteiger partial charge >= 0.3 is 0 Å². The lowest BCUT2D eigenvalue weighted by molar-refractivity contribution is -0.119. The highest BCUT2D eigenvalue weighted by Gasteiger charge is 2.22. The van der Waals surface area contributed by atoms with E-state index in [0.29, 0.717) is 0 Å². The second kappa shape index (κ2) is 6.57. The molecule has 1 aliphatic rings. The highest BCUT2D eigenvalue weighted by molar-refractivity contribution is 5.93. The summed E-state index contributed by atoms with van der Waals surface area (Å²) in [6.07, 6.45) is 0.934. The van der Waals surface area contributed by atoms with Crippen LogP contribution in [0.5, 0.6) is 0 Å². The molecule has 1 heterocycles. The van der Waals surface area contributed by atoms with Gasteiger partial charge in [-0.05, 0) is 51.1 Å². The quantitative estimate of drug-likeness (QED) is 0.853. The summed E-state index contributed by atoms with van der Waals surface area (Å²) in [5.41, 5.74) is 2.08. The summed E-state index contributed by atoms with van der Waals surface area (Å²) in [5.74, 6) is 0.239.